The van der Waals surface area contributed by atoms with Crippen LogP contribution in [0.15, 0.2) is 97.1 Å². The topological polar surface area (TPSA) is 116 Å². The maximum absolute atomic E-state index is 12.2. The average molecular weight is 531 g/mol. The van der Waals surface area contributed by atoms with Crippen molar-refractivity contribution in [2.45, 2.75) is 26.9 Å². The van der Waals surface area contributed by atoms with Gasteiger partial charge in [0.2, 0.25) is 0 Å². The number of amides is 2. The van der Waals surface area contributed by atoms with Crippen LogP contribution < -0.4 is 10.6 Å². The minimum atomic E-state index is -0.163. The van der Waals surface area contributed by atoms with Crippen LogP contribution in [-0.2, 0) is 13.1 Å². The highest BCUT2D eigenvalue weighted by Crippen LogP contribution is 2.18. The summed E-state index contributed by atoms with van der Waals surface area (Å²) in [5, 5.41) is 21.5. The smallest absolute Gasteiger partial charge is 0.272 e. The van der Waals surface area contributed by atoms with Crippen molar-refractivity contribution < 1.29 is 9.59 Å². The summed E-state index contributed by atoms with van der Waals surface area (Å²) in [6.45, 7) is 5.02. The molecule has 0 bridgehead atoms. The van der Waals surface area contributed by atoms with Crippen molar-refractivity contribution in [1.82, 2.24) is 31.0 Å². The third-order valence-electron chi connectivity index (χ3n) is 6.46. The summed E-state index contributed by atoms with van der Waals surface area (Å²) < 4.78 is 0. The summed E-state index contributed by atoms with van der Waals surface area (Å²) in [6, 6.07) is 31.4. The maximum Gasteiger partial charge on any atom is 0.272 e. The summed E-state index contributed by atoms with van der Waals surface area (Å²) in [7, 11) is 0. The number of rotatable bonds is 6. The molecule has 4 N–H and O–H groups in total. The second-order valence-electron chi connectivity index (χ2n) is 9.58. The van der Waals surface area contributed by atoms with Gasteiger partial charge in [0, 0.05) is 23.9 Å². The first kappa shape index (κ1) is 26.4. The fourth-order valence-corrected chi connectivity index (χ4v) is 4.34. The van der Waals surface area contributed by atoms with Gasteiger partial charge in [-0.15, -0.1) is 0 Å². The molecule has 6 rings (SSSR count). The van der Waals surface area contributed by atoms with Crippen LogP contribution in [0.2, 0.25) is 0 Å². The molecule has 40 heavy (non-hydrogen) atoms. The number of hydrogen-bond acceptors (Lipinski definition) is 4. The average Bonchev–Trinajstić information content (AvgIpc) is 3.60. The van der Waals surface area contributed by atoms with Crippen molar-refractivity contribution >= 4 is 33.6 Å². The Morgan fingerprint density at radius 3 is 1.40 bits per heavy atom. The molecule has 4 aromatic carbocycles. The zero-order chi connectivity index (χ0) is 27.9. The molecule has 0 saturated carbocycles. The fraction of sp³-hybridized carbons (Fsp3) is 0.125. The number of aromatic nitrogens is 4. The Labute approximate surface area is 231 Å². The van der Waals surface area contributed by atoms with Crippen molar-refractivity contribution in [3.63, 3.8) is 0 Å². The molecule has 0 aliphatic rings. The maximum atomic E-state index is 12.2. The van der Waals surface area contributed by atoms with E-state index in [1.165, 1.54) is 0 Å². The third kappa shape index (κ3) is 6.24. The monoisotopic (exact) mass is 530 g/mol. The fourth-order valence-electron chi connectivity index (χ4n) is 4.34. The molecule has 0 fully saturated rings. The van der Waals surface area contributed by atoms with Gasteiger partial charge in [0.05, 0.1) is 11.0 Å². The molecule has 2 heterocycles. The van der Waals surface area contributed by atoms with E-state index in [9.17, 15) is 9.59 Å². The van der Waals surface area contributed by atoms with Crippen LogP contribution in [0.25, 0.3) is 21.8 Å². The molecule has 0 saturated heterocycles. The second-order valence-corrected chi connectivity index (χ2v) is 9.58. The first-order valence-electron chi connectivity index (χ1n) is 13.0. The zero-order valence-electron chi connectivity index (χ0n) is 22.4. The molecule has 0 unspecified atom stereocenters. The van der Waals surface area contributed by atoms with E-state index in [4.69, 9.17) is 0 Å². The van der Waals surface area contributed by atoms with Crippen molar-refractivity contribution in [2.24, 2.45) is 0 Å². The normalized spacial score (nSPS) is 10.7. The molecule has 0 radical (unpaired) electrons. The highest BCUT2D eigenvalue weighted by Gasteiger charge is 2.14. The van der Waals surface area contributed by atoms with Crippen molar-refractivity contribution in [2.75, 3.05) is 0 Å². The first-order valence-corrected chi connectivity index (χ1v) is 13.0. The Morgan fingerprint density at radius 1 is 0.600 bits per heavy atom. The van der Waals surface area contributed by atoms with E-state index in [2.05, 4.69) is 31.0 Å². The lowest BCUT2D eigenvalue weighted by molar-refractivity contribution is 0.0939. The van der Waals surface area contributed by atoms with Crippen LogP contribution >= 0.6 is 0 Å². The molecule has 0 atom stereocenters. The largest absolute Gasteiger partial charge is 0.347 e. The molecule has 0 aliphatic carbocycles. The van der Waals surface area contributed by atoms with Crippen LogP contribution in [-0.4, -0.2) is 32.2 Å². The van der Waals surface area contributed by atoms with Gasteiger partial charge in [0.25, 0.3) is 11.8 Å². The van der Waals surface area contributed by atoms with Crippen molar-refractivity contribution in [3.8, 4) is 0 Å². The van der Waals surface area contributed by atoms with Gasteiger partial charge in [-0.25, -0.2) is 0 Å². The number of benzene rings is 4. The Morgan fingerprint density at radius 2 is 1.00 bits per heavy atom. The predicted molar refractivity (Wildman–Crippen MR) is 157 cm³/mol. The number of aryl methyl sites for hydroxylation is 2. The molecular formula is C32H30N6O2. The summed E-state index contributed by atoms with van der Waals surface area (Å²) >= 11 is 0. The Bertz CT molecular complexity index is 1630. The molecule has 2 amide bonds. The second kappa shape index (κ2) is 12.1. The van der Waals surface area contributed by atoms with E-state index >= 15 is 0 Å². The SMILES string of the molecule is Cc1ccc2c(C(=O)NCc3ccccc3)n[nH]c2c1.Cc1ccc2c(C(=O)NCc3ccccc3)n[nH]c2c1. The number of aromatic amines is 2. The molecule has 6 aromatic rings. The van der Waals surface area contributed by atoms with E-state index in [0.29, 0.717) is 24.5 Å². The number of carbonyl (C=O) groups excluding carboxylic acids is 2. The summed E-state index contributed by atoms with van der Waals surface area (Å²) in [5.74, 6) is -0.326. The standard InChI is InChI=1S/2C16H15N3O/c2*1-11-7-8-13-14(9-11)18-19-15(13)16(20)17-10-12-5-3-2-4-6-12/h2*2-9H,10H2,1H3,(H,17,20)(H,18,19). The molecular weight excluding hydrogens is 500 g/mol. The molecule has 0 spiro atoms. The van der Waals surface area contributed by atoms with Gasteiger partial charge in [-0.3, -0.25) is 19.8 Å². The van der Waals surface area contributed by atoms with E-state index in [1.807, 2.05) is 111 Å². The highest BCUT2D eigenvalue weighted by atomic mass is 16.2. The van der Waals surface area contributed by atoms with Gasteiger partial charge >= 0.3 is 0 Å². The van der Waals surface area contributed by atoms with E-state index < -0.39 is 0 Å². The van der Waals surface area contributed by atoms with Crippen LogP contribution in [0.1, 0.15) is 43.2 Å². The van der Waals surface area contributed by atoms with Gasteiger partial charge < -0.3 is 10.6 Å². The number of hydrogen-bond donors (Lipinski definition) is 4. The van der Waals surface area contributed by atoms with Gasteiger partial charge in [0.1, 0.15) is 0 Å². The van der Waals surface area contributed by atoms with Gasteiger partial charge in [-0.05, 0) is 48.2 Å². The molecule has 8 nitrogen and oxygen atoms in total. The van der Waals surface area contributed by atoms with Crippen LogP contribution in [0.4, 0.5) is 0 Å². The number of nitrogens with zero attached hydrogens (tertiary/aromatic N) is 2. The Kier molecular flexibility index (Phi) is 7.97. The minimum Gasteiger partial charge on any atom is -0.347 e. The van der Waals surface area contributed by atoms with E-state index in [-0.39, 0.29) is 11.8 Å². The van der Waals surface area contributed by atoms with Gasteiger partial charge in [-0.1, -0.05) is 84.9 Å². The number of fused-ring (bicyclic) bond motifs is 2. The summed E-state index contributed by atoms with van der Waals surface area (Å²) in [6.07, 6.45) is 0. The van der Waals surface area contributed by atoms with Crippen molar-refractivity contribution in [3.05, 3.63) is 131 Å². The Balaban J connectivity index is 0.000000161. The zero-order valence-corrected chi connectivity index (χ0v) is 22.4. The van der Waals surface area contributed by atoms with Crippen LogP contribution in [0, 0.1) is 13.8 Å². The van der Waals surface area contributed by atoms with E-state index in [0.717, 1.165) is 44.1 Å². The lowest BCUT2D eigenvalue weighted by Gasteiger charge is -2.03. The van der Waals surface area contributed by atoms with Gasteiger partial charge in [-0.2, -0.15) is 10.2 Å². The quantitative estimate of drug-likeness (QED) is 0.224. The number of carbonyl (C=O) groups is 2. The Hall–Kier alpha value is -5.24. The lowest BCUT2D eigenvalue weighted by Crippen LogP contribution is -2.23. The molecule has 8 heteroatoms. The number of nitrogens with one attached hydrogen (secondary N) is 4. The first-order chi connectivity index (χ1) is 19.5. The van der Waals surface area contributed by atoms with Gasteiger partial charge in [0.15, 0.2) is 11.4 Å². The minimum absolute atomic E-state index is 0.163. The molecule has 0 aliphatic heterocycles. The van der Waals surface area contributed by atoms with Crippen molar-refractivity contribution in [1.29, 1.82) is 0 Å². The van der Waals surface area contributed by atoms with E-state index in [1.54, 1.807) is 0 Å². The van der Waals surface area contributed by atoms with Crippen LogP contribution in [0.5, 0.6) is 0 Å². The highest BCUT2D eigenvalue weighted by molar-refractivity contribution is 6.05. The molecule has 2 aromatic heterocycles. The molecule has 200 valence electrons. The predicted octanol–water partition coefficient (Wildman–Crippen LogP) is 5.60. The van der Waals surface area contributed by atoms with Crippen LogP contribution in [0.3, 0.4) is 0 Å². The number of H-pyrrole nitrogens is 2. The third-order valence-corrected chi connectivity index (χ3v) is 6.46. The summed E-state index contributed by atoms with van der Waals surface area (Å²) in [5.41, 5.74) is 7.06. The summed E-state index contributed by atoms with van der Waals surface area (Å²) in [4.78, 5) is 24.4. The lowest BCUT2D eigenvalue weighted by atomic mass is 10.1.